The summed E-state index contributed by atoms with van der Waals surface area (Å²) in [7, 11) is 1.33. The van der Waals surface area contributed by atoms with E-state index in [9.17, 15) is 19.2 Å². The summed E-state index contributed by atoms with van der Waals surface area (Å²) in [6.07, 6.45) is -4.90. The van der Waals surface area contributed by atoms with E-state index in [1.807, 2.05) is 18.2 Å². The first-order chi connectivity index (χ1) is 20.4. The highest BCUT2D eigenvalue weighted by Crippen LogP contribution is 2.44. The van der Waals surface area contributed by atoms with Crippen LogP contribution >= 0.6 is 15.9 Å². The van der Waals surface area contributed by atoms with Crippen molar-refractivity contribution in [2.45, 2.75) is 64.3 Å². The molecule has 2 heterocycles. The summed E-state index contributed by atoms with van der Waals surface area (Å²) >= 11 is 3.61. The molecule has 12 nitrogen and oxygen atoms in total. The molecule has 0 spiro atoms. The molecule has 232 valence electrons. The van der Waals surface area contributed by atoms with Gasteiger partial charge in [0.2, 0.25) is 11.9 Å². The molecule has 1 fully saturated rings. The number of esters is 4. The lowest BCUT2D eigenvalue weighted by Crippen LogP contribution is -2.67. The molecule has 13 heteroatoms. The van der Waals surface area contributed by atoms with Crippen molar-refractivity contribution in [1.29, 1.82) is 0 Å². The van der Waals surface area contributed by atoms with Crippen LogP contribution < -0.4 is 9.47 Å². The number of methoxy groups -OCH3 is 1. The SMILES string of the molecule is COC1(c2ccc(Br)c(Cc3ccc4c(c3)OCCO4)c2)OC(COC(C)=O)C(OC(C)=O)C(OC(C)=O)C1OC(C)=O. The number of benzene rings is 2. The normalized spacial score (nSPS) is 24.4. The van der Waals surface area contributed by atoms with Crippen molar-refractivity contribution >= 4 is 39.8 Å². The average molecular weight is 665 g/mol. The molecule has 0 radical (unpaired) electrons. The Morgan fingerprint density at radius 1 is 0.837 bits per heavy atom. The van der Waals surface area contributed by atoms with Gasteiger partial charge in [0.05, 0.1) is 0 Å². The highest BCUT2D eigenvalue weighted by molar-refractivity contribution is 9.10. The van der Waals surface area contributed by atoms with Gasteiger partial charge in [-0.2, -0.15) is 0 Å². The number of carbonyl (C=O) groups excluding carboxylic acids is 4. The largest absolute Gasteiger partial charge is 0.486 e. The Morgan fingerprint density at radius 2 is 1.49 bits per heavy atom. The first-order valence-electron chi connectivity index (χ1n) is 13.5. The van der Waals surface area contributed by atoms with Crippen molar-refractivity contribution in [3.8, 4) is 11.5 Å². The minimum atomic E-state index is -1.89. The lowest BCUT2D eigenvalue weighted by molar-refractivity contribution is -0.367. The highest BCUT2D eigenvalue weighted by Gasteiger charge is 2.61. The van der Waals surface area contributed by atoms with E-state index < -0.39 is 54.1 Å². The van der Waals surface area contributed by atoms with E-state index in [-0.39, 0.29) is 6.61 Å². The van der Waals surface area contributed by atoms with E-state index in [4.69, 9.17) is 37.9 Å². The van der Waals surface area contributed by atoms with Crippen LogP contribution in [0.25, 0.3) is 0 Å². The van der Waals surface area contributed by atoms with Crippen LogP contribution in [0.4, 0.5) is 0 Å². The maximum absolute atomic E-state index is 12.4. The summed E-state index contributed by atoms with van der Waals surface area (Å²) in [6.45, 7) is 5.24. The molecule has 0 aromatic heterocycles. The summed E-state index contributed by atoms with van der Waals surface area (Å²) in [4.78, 5) is 48.5. The van der Waals surface area contributed by atoms with E-state index in [0.717, 1.165) is 29.4 Å². The second-order valence-electron chi connectivity index (χ2n) is 9.97. The third-order valence-corrected chi connectivity index (χ3v) is 7.56. The fourth-order valence-electron chi connectivity index (χ4n) is 5.12. The topological polar surface area (TPSA) is 142 Å². The van der Waals surface area contributed by atoms with Crippen molar-refractivity contribution in [3.63, 3.8) is 0 Å². The number of hydrogen-bond acceptors (Lipinski definition) is 12. The van der Waals surface area contributed by atoms with Gasteiger partial charge in [0.25, 0.3) is 0 Å². The van der Waals surface area contributed by atoms with Gasteiger partial charge in [0, 0.05) is 44.8 Å². The molecule has 0 N–H and O–H groups in total. The van der Waals surface area contributed by atoms with Gasteiger partial charge in [0.15, 0.2) is 23.7 Å². The molecular formula is C30H33BrO12. The monoisotopic (exact) mass is 664 g/mol. The zero-order valence-corrected chi connectivity index (χ0v) is 26.0. The molecule has 2 aromatic carbocycles. The Balaban J connectivity index is 1.82. The van der Waals surface area contributed by atoms with Gasteiger partial charge >= 0.3 is 23.9 Å². The maximum atomic E-state index is 12.4. The molecule has 2 aromatic rings. The quantitative estimate of drug-likeness (QED) is 0.286. The molecule has 43 heavy (non-hydrogen) atoms. The van der Waals surface area contributed by atoms with Crippen LogP contribution in [0.2, 0.25) is 0 Å². The molecular weight excluding hydrogens is 632 g/mol. The van der Waals surface area contributed by atoms with Gasteiger partial charge in [-0.1, -0.05) is 28.1 Å². The van der Waals surface area contributed by atoms with Crippen molar-refractivity contribution in [2.75, 3.05) is 26.9 Å². The average Bonchev–Trinajstić information content (AvgIpc) is 2.95. The first-order valence-corrected chi connectivity index (χ1v) is 14.3. The van der Waals surface area contributed by atoms with E-state index in [2.05, 4.69) is 15.9 Å². The van der Waals surface area contributed by atoms with Crippen LogP contribution in [-0.2, 0) is 59.8 Å². The zero-order chi connectivity index (χ0) is 31.3. The summed E-state index contributed by atoms with van der Waals surface area (Å²) < 4.78 is 46.5. The van der Waals surface area contributed by atoms with Crippen LogP contribution in [0.3, 0.4) is 0 Å². The number of ether oxygens (including phenoxy) is 8. The Hall–Kier alpha value is -3.68. The molecule has 5 unspecified atom stereocenters. The molecule has 2 aliphatic heterocycles. The van der Waals surface area contributed by atoms with Crippen LogP contribution in [0.5, 0.6) is 11.5 Å². The van der Waals surface area contributed by atoms with E-state index in [0.29, 0.717) is 36.7 Å². The summed E-state index contributed by atoms with van der Waals surface area (Å²) in [5, 5.41) is 0. The minimum absolute atomic E-state index is 0.385. The van der Waals surface area contributed by atoms with Crippen molar-refractivity contribution in [1.82, 2.24) is 0 Å². The molecule has 4 rings (SSSR count). The predicted octanol–water partition coefficient (Wildman–Crippen LogP) is 3.37. The minimum Gasteiger partial charge on any atom is -0.486 e. The van der Waals surface area contributed by atoms with Gasteiger partial charge in [0.1, 0.15) is 25.9 Å². The number of fused-ring (bicyclic) bond motifs is 1. The van der Waals surface area contributed by atoms with E-state index in [1.165, 1.54) is 21.0 Å². The maximum Gasteiger partial charge on any atom is 0.303 e. The number of carbonyl (C=O) groups is 4. The van der Waals surface area contributed by atoms with Crippen LogP contribution in [0, 0.1) is 0 Å². The third-order valence-electron chi connectivity index (χ3n) is 6.79. The molecule has 1 saturated heterocycles. The predicted molar refractivity (Wildman–Crippen MR) is 151 cm³/mol. The second-order valence-corrected chi connectivity index (χ2v) is 10.8. The molecule has 2 aliphatic rings. The molecule has 0 saturated carbocycles. The van der Waals surface area contributed by atoms with Gasteiger partial charge in [-0.3, -0.25) is 19.2 Å². The Morgan fingerprint density at radius 3 is 2.12 bits per heavy atom. The lowest BCUT2D eigenvalue weighted by atomic mass is 9.86. The van der Waals surface area contributed by atoms with E-state index >= 15 is 0 Å². The third kappa shape index (κ3) is 7.46. The van der Waals surface area contributed by atoms with Crippen molar-refractivity contribution in [3.05, 3.63) is 57.6 Å². The molecule has 0 bridgehead atoms. The molecule has 5 atom stereocenters. The van der Waals surface area contributed by atoms with Crippen LogP contribution in [0.1, 0.15) is 44.4 Å². The molecule has 0 aliphatic carbocycles. The highest BCUT2D eigenvalue weighted by atomic mass is 79.9. The van der Waals surface area contributed by atoms with Crippen molar-refractivity contribution < 1.29 is 57.1 Å². The van der Waals surface area contributed by atoms with Crippen LogP contribution in [-0.4, -0.2) is 75.2 Å². The summed E-state index contributed by atoms with van der Waals surface area (Å²) in [5.74, 6) is -3.41. The smallest absolute Gasteiger partial charge is 0.303 e. The lowest BCUT2D eigenvalue weighted by Gasteiger charge is -2.50. The fraction of sp³-hybridized carbons (Fsp3) is 0.467. The zero-order valence-electron chi connectivity index (χ0n) is 24.4. The van der Waals surface area contributed by atoms with Gasteiger partial charge in [-0.15, -0.1) is 0 Å². The number of hydrogen-bond donors (Lipinski definition) is 0. The van der Waals surface area contributed by atoms with Gasteiger partial charge in [-0.05, 0) is 41.8 Å². The first kappa shape index (κ1) is 32.2. The van der Waals surface area contributed by atoms with Crippen LogP contribution in [0.15, 0.2) is 40.9 Å². The Bertz CT molecular complexity index is 1380. The standard InChI is InChI=1S/C30H33BrO12/c1-16(32)39-15-26-27(40-17(2)33)28(41-18(3)34)29(42-19(4)35)30(36-5,43-26)22-7-8-23(31)21(14-22)12-20-6-9-24-25(13-20)38-11-10-37-24/h6-9,13-14,26-29H,10-12,15H2,1-5H3. The number of halogens is 1. The van der Waals surface area contributed by atoms with Gasteiger partial charge < -0.3 is 37.9 Å². The second kappa shape index (κ2) is 13.7. The fourth-order valence-corrected chi connectivity index (χ4v) is 5.51. The Kier molecular flexibility index (Phi) is 10.3. The summed E-state index contributed by atoms with van der Waals surface area (Å²) in [6, 6.07) is 10.9. The van der Waals surface area contributed by atoms with Gasteiger partial charge in [-0.25, -0.2) is 0 Å². The summed E-state index contributed by atoms with van der Waals surface area (Å²) in [5.41, 5.74) is 2.12. The molecule has 0 amide bonds. The number of rotatable bonds is 9. The van der Waals surface area contributed by atoms with Crippen molar-refractivity contribution in [2.24, 2.45) is 0 Å². The van der Waals surface area contributed by atoms with E-state index in [1.54, 1.807) is 18.2 Å². The Labute approximate surface area is 256 Å².